The lowest BCUT2D eigenvalue weighted by molar-refractivity contribution is -0.147. The van der Waals surface area contributed by atoms with Crippen molar-refractivity contribution in [3.8, 4) is 0 Å². The second-order valence-corrected chi connectivity index (χ2v) is 5.66. The normalized spacial score (nSPS) is 15.1. The van der Waals surface area contributed by atoms with E-state index in [2.05, 4.69) is 23.3 Å². The van der Waals surface area contributed by atoms with Crippen LogP contribution in [0.5, 0.6) is 0 Å². The molecular weight excluding hydrogens is 372 g/mol. The van der Waals surface area contributed by atoms with Crippen molar-refractivity contribution >= 4 is 42.3 Å². The maximum absolute atomic E-state index is 12.0. The van der Waals surface area contributed by atoms with Crippen LogP contribution in [0.25, 0.3) is 0 Å². The Bertz CT molecular complexity index is 556. The third kappa shape index (κ3) is 8.64. The maximum Gasteiger partial charge on any atom is 0.326 e. The standard InChI is InChI=1S/C13H22N4O8S/c1-5(18)10(12(23)16-7(13(24)25)2-9(20)21)17-8(19)3-15-11(22)6(14)4-26/h5-7,10,18,26H,2-4,14H2,1H3,(H,15,22)(H,16,23)(H,17,19)(H,20,21)(H,24,25). The van der Waals surface area contributed by atoms with E-state index in [0.717, 1.165) is 6.92 Å². The van der Waals surface area contributed by atoms with Crippen LogP contribution in [0.1, 0.15) is 13.3 Å². The molecule has 0 aliphatic heterocycles. The van der Waals surface area contributed by atoms with Crippen molar-refractivity contribution in [2.24, 2.45) is 5.73 Å². The molecule has 4 atom stereocenters. The number of nitrogens with one attached hydrogen (secondary N) is 3. The minimum Gasteiger partial charge on any atom is -0.481 e. The first-order valence-electron chi connectivity index (χ1n) is 7.36. The fourth-order valence-corrected chi connectivity index (χ4v) is 1.81. The Morgan fingerprint density at radius 1 is 1.08 bits per heavy atom. The quantitative estimate of drug-likeness (QED) is 0.162. The highest BCUT2D eigenvalue weighted by molar-refractivity contribution is 7.80. The third-order valence-corrected chi connectivity index (χ3v) is 3.42. The summed E-state index contributed by atoms with van der Waals surface area (Å²) >= 11 is 3.82. The van der Waals surface area contributed by atoms with Gasteiger partial charge in [0.15, 0.2) is 0 Å². The number of aliphatic hydroxyl groups excluding tert-OH is 1. The molecule has 0 saturated carbocycles. The molecule has 0 aromatic rings. The summed E-state index contributed by atoms with van der Waals surface area (Å²) in [7, 11) is 0. The van der Waals surface area contributed by atoms with Crippen LogP contribution >= 0.6 is 12.6 Å². The smallest absolute Gasteiger partial charge is 0.326 e. The molecule has 148 valence electrons. The molecule has 0 fully saturated rings. The lowest BCUT2D eigenvalue weighted by Gasteiger charge is -2.23. The van der Waals surface area contributed by atoms with Crippen molar-refractivity contribution in [1.82, 2.24) is 16.0 Å². The van der Waals surface area contributed by atoms with Gasteiger partial charge in [0.1, 0.15) is 12.1 Å². The zero-order valence-corrected chi connectivity index (χ0v) is 14.7. The summed E-state index contributed by atoms with van der Waals surface area (Å²) in [6.45, 7) is 0.612. The fourth-order valence-electron chi connectivity index (χ4n) is 1.65. The number of amides is 3. The molecule has 12 nitrogen and oxygen atoms in total. The Balaban J connectivity index is 4.83. The summed E-state index contributed by atoms with van der Waals surface area (Å²) in [5.41, 5.74) is 5.40. The van der Waals surface area contributed by atoms with Crippen molar-refractivity contribution in [1.29, 1.82) is 0 Å². The molecule has 8 N–H and O–H groups in total. The molecule has 0 radical (unpaired) electrons. The Labute approximate surface area is 153 Å². The van der Waals surface area contributed by atoms with E-state index in [-0.39, 0.29) is 5.75 Å². The van der Waals surface area contributed by atoms with Gasteiger partial charge in [-0.1, -0.05) is 0 Å². The molecular formula is C13H22N4O8S. The van der Waals surface area contributed by atoms with Gasteiger partial charge in [0, 0.05) is 5.75 Å². The molecule has 0 bridgehead atoms. The summed E-state index contributed by atoms with van der Waals surface area (Å²) in [6.07, 6.45) is -2.31. The van der Waals surface area contributed by atoms with E-state index in [1.165, 1.54) is 0 Å². The molecule has 13 heteroatoms. The summed E-state index contributed by atoms with van der Waals surface area (Å²) in [6, 6.07) is -4.24. The van der Waals surface area contributed by atoms with Gasteiger partial charge in [0.25, 0.3) is 0 Å². The van der Waals surface area contributed by atoms with Crippen LogP contribution in [0.15, 0.2) is 0 Å². The molecule has 0 aromatic carbocycles. The zero-order chi connectivity index (χ0) is 20.4. The van der Waals surface area contributed by atoms with E-state index in [1.54, 1.807) is 0 Å². The van der Waals surface area contributed by atoms with Crippen molar-refractivity contribution in [2.45, 2.75) is 37.6 Å². The average molecular weight is 394 g/mol. The van der Waals surface area contributed by atoms with Gasteiger partial charge < -0.3 is 37.0 Å². The SMILES string of the molecule is CC(O)C(NC(=O)CNC(=O)C(N)CS)C(=O)NC(CC(=O)O)C(=O)O. The summed E-state index contributed by atoms with van der Waals surface area (Å²) < 4.78 is 0. The zero-order valence-electron chi connectivity index (χ0n) is 13.8. The Morgan fingerprint density at radius 3 is 2.08 bits per heavy atom. The van der Waals surface area contributed by atoms with Crippen LogP contribution in [-0.4, -0.2) is 81.5 Å². The van der Waals surface area contributed by atoms with Crippen molar-refractivity contribution < 1.29 is 39.3 Å². The van der Waals surface area contributed by atoms with Gasteiger partial charge in [-0.15, -0.1) is 0 Å². The molecule has 3 amide bonds. The molecule has 0 aliphatic rings. The molecule has 0 spiro atoms. The molecule has 0 rings (SSSR count). The molecule has 26 heavy (non-hydrogen) atoms. The molecule has 0 aliphatic carbocycles. The van der Waals surface area contributed by atoms with Gasteiger partial charge in [0.05, 0.1) is 25.1 Å². The summed E-state index contributed by atoms with van der Waals surface area (Å²) in [4.78, 5) is 56.9. The first-order chi connectivity index (χ1) is 12.0. The average Bonchev–Trinajstić information content (AvgIpc) is 2.54. The van der Waals surface area contributed by atoms with Crippen LogP contribution < -0.4 is 21.7 Å². The van der Waals surface area contributed by atoms with Crippen LogP contribution in [0, 0.1) is 0 Å². The first kappa shape index (κ1) is 23.6. The fraction of sp³-hybridized carbons (Fsp3) is 0.615. The number of carboxylic acids is 2. The third-order valence-electron chi connectivity index (χ3n) is 3.03. The number of hydrogen-bond acceptors (Lipinski definition) is 8. The van der Waals surface area contributed by atoms with Crippen LogP contribution in [0.4, 0.5) is 0 Å². The van der Waals surface area contributed by atoms with Gasteiger partial charge in [0.2, 0.25) is 17.7 Å². The predicted octanol–water partition coefficient (Wildman–Crippen LogP) is -3.73. The van der Waals surface area contributed by atoms with Gasteiger partial charge in [-0.2, -0.15) is 12.6 Å². The second-order valence-electron chi connectivity index (χ2n) is 5.29. The highest BCUT2D eigenvalue weighted by atomic mass is 32.1. The number of aliphatic hydroxyl groups is 1. The van der Waals surface area contributed by atoms with E-state index in [9.17, 15) is 29.1 Å². The van der Waals surface area contributed by atoms with Gasteiger partial charge in [-0.05, 0) is 6.92 Å². The molecule has 0 aromatic heterocycles. The highest BCUT2D eigenvalue weighted by Crippen LogP contribution is 1.98. The van der Waals surface area contributed by atoms with Gasteiger partial charge in [-0.3, -0.25) is 19.2 Å². The number of carbonyl (C=O) groups excluding carboxylic acids is 3. The largest absolute Gasteiger partial charge is 0.481 e. The Morgan fingerprint density at radius 2 is 1.65 bits per heavy atom. The van der Waals surface area contributed by atoms with Crippen LogP contribution in [-0.2, 0) is 24.0 Å². The minimum absolute atomic E-state index is 0.0479. The topological polar surface area (TPSA) is 208 Å². The Hall–Kier alpha value is -2.38. The molecule has 0 saturated heterocycles. The van der Waals surface area contributed by atoms with Crippen molar-refractivity contribution in [2.75, 3.05) is 12.3 Å². The number of carboxylic acid groups (broad SMARTS) is 2. The van der Waals surface area contributed by atoms with Crippen LogP contribution in [0.3, 0.4) is 0 Å². The van der Waals surface area contributed by atoms with Crippen LogP contribution in [0.2, 0.25) is 0 Å². The summed E-state index contributed by atoms with van der Waals surface area (Å²) in [5, 5.41) is 33.4. The van der Waals surface area contributed by atoms with Gasteiger partial charge in [-0.25, -0.2) is 4.79 Å². The minimum atomic E-state index is -1.74. The second kappa shape index (κ2) is 11.3. The molecule has 4 unspecified atom stereocenters. The Kier molecular flexibility index (Phi) is 10.2. The molecule has 0 heterocycles. The maximum atomic E-state index is 12.0. The van der Waals surface area contributed by atoms with E-state index in [0.29, 0.717) is 0 Å². The van der Waals surface area contributed by atoms with E-state index < -0.39 is 66.9 Å². The van der Waals surface area contributed by atoms with E-state index in [4.69, 9.17) is 15.9 Å². The number of thiol groups is 1. The number of aliphatic carboxylic acids is 2. The van der Waals surface area contributed by atoms with Gasteiger partial charge >= 0.3 is 11.9 Å². The van der Waals surface area contributed by atoms with Crippen molar-refractivity contribution in [3.05, 3.63) is 0 Å². The lowest BCUT2D eigenvalue weighted by Crippen LogP contribution is -2.57. The van der Waals surface area contributed by atoms with E-state index in [1.807, 2.05) is 5.32 Å². The van der Waals surface area contributed by atoms with E-state index >= 15 is 0 Å². The number of rotatable bonds is 11. The number of carbonyl (C=O) groups is 5. The monoisotopic (exact) mass is 394 g/mol. The first-order valence-corrected chi connectivity index (χ1v) is 7.99. The lowest BCUT2D eigenvalue weighted by atomic mass is 10.1. The number of hydrogen-bond donors (Lipinski definition) is 8. The predicted molar refractivity (Wildman–Crippen MR) is 90.3 cm³/mol. The van der Waals surface area contributed by atoms with Crippen molar-refractivity contribution in [3.63, 3.8) is 0 Å². The number of nitrogens with two attached hydrogens (primary N) is 1. The highest BCUT2D eigenvalue weighted by Gasteiger charge is 2.30. The summed E-state index contributed by atoms with van der Waals surface area (Å²) in [5.74, 6) is -5.60.